The lowest BCUT2D eigenvalue weighted by atomic mass is 10.2. The fourth-order valence-electron chi connectivity index (χ4n) is 1.75. The SMILES string of the molecule is COc1ccc(NCC2COCCN2)c(Cl)c1. The molecular weight excluding hydrogens is 240 g/mol. The molecule has 1 saturated heterocycles. The van der Waals surface area contributed by atoms with Crippen molar-refractivity contribution in [2.24, 2.45) is 0 Å². The van der Waals surface area contributed by atoms with Crippen LogP contribution in [0.2, 0.25) is 5.02 Å². The maximum atomic E-state index is 6.13. The number of methoxy groups -OCH3 is 1. The van der Waals surface area contributed by atoms with Gasteiger partial charge in [0.1, 0.15) is 5.75 Å². The van der Waals surface area contributed by atoms with E-state index in [1.54, 1.807) is 13.2 Å². The molecule has 0 radical (unpaired) electrons. The van der Waals surface area contributed by atoms with Crippen molar-refractivity contribution in [2.45, 2.75) is 6.04 Å². The fourth-order valence-corrected chi connectivity index (χ4v) is 1.99. The lowest BCUT2D eigenvalue weighted by Crippen LogP contribution is -2.45. The van der Waals surface area contributed by atoms with Gasteiger partial charge in [0.2, 0.25) is 0 Å². The van der Waals surface area contributed by atoms with Gasteiger partial charge in [-0.1, -0.05) is 11.6 Å². The summed E-state index contributed by atoms with van der Waals surface area (Å²) in [7, 11) is 1.63. The first-order chi connectivity index (χ1) is 8.29. The summed E-state index contributed by atoms with van der Waals surface area (Å²) in [5.74, 6) is 0.764. The molecule has 0 aliphatic carbocycles. The molecule has 94 valence electrons. The number of hydrogen-bond donors (Lipinski definition) is 2. The smallest absolute Gasteiger partial charge is 0.120 e. The number of ether oxygens (including phenoxy) is 2. The van der Waals surface area contributed by atoms with E-state index in [2.05, 4.69) is 10.6 Å². The standard InChI is InChI=1S/C12H17ClN2O2/c1-16-10-2-3-12(11(13)6-10)15-7-9-8-17-5-4-14-9/h2-3,6,9,14-15H,4-5,7-8H2,1H3. The Bertz CT molecular complexity index is 368. The number of morpholine rings is 1. The zero-order chi connectivity index (χ0) is 12.1. The van der Waals surface area contributed by atoms with Gasteiger partial charge in [0.15, 0.2) is 0 Å². The molecule has 2 rings (SSSR count). The first-order valence-electron chi connectivity index (χ1n) is 5.68. The van der Waals surface area contributed by atoms with Gasteiger partial charge in [-0.15, -0.1) is 0 Å². The molecule has 5 heteroatoms. The molecule has 0 saturated carbocycles. The van der Waals surface area contributed by atoms with Crippen LogP contribution in [0.1, 0.15) is 0 Å². The summed E-state index contributed by atoms with van der Waals surface area (Å²) in [5.41, 5.74) is 0.917. The quantitative estimate of drug-likeness (QED) is 0.861. The fraction of sp³-hybridized carbons (Fsp3) is 0.500. The molecular formula is C12H17ClN2O2. The number of halogens is 1. The van der Waals surface area contributed by atoms with Crippen molar-refractivity contribution in [3.8, 4) is 5.75 Å². The monoisotopic (exact) mass is 256 g/mol. The summed E-state index contributed by atoms with van der Waals surface area (Å²) in [5, 5.41) is 7.35. The molecule has 0 aromatic heterocycles. The van der Waals surface area contributed by atoms with Crippen molar-refractivity contribution in [1.29, 1.82) is 0 Å². The van der Waals surface area contributed by atoms with Crippen LogP contribution in [-0.4, -0.2) is 39.5 Å². The van der Waals surface area contributed by atoms with E-state index in [-0.39, 0.29) is 0 Å². The van der Waals surface area contributed by atoms with Gasteiger partial charge in [0, 0.05) is 25.2 Å². The van der Waals surface area contributed by atoms with Gasteiger partial charge >= 0.3 is 0 Å². The number of rotatable bonds is 4. The molecule has 0 amide bonds. The molecule has 1 atom stereocenters. The Labute approximate surface area is 106 Å². The molecule has 1 heterocycles. The Morgan fingerprint density at radius 1 is 1.59 bits per heavy atom. The molecule has 1 aliphatic rings. The highest BCUT2D eigenvalue weighted by atomic mass is 35.5. The van der Waals surface area contributed by atoms with Gasteiger partial charge in [0.25, 0.3) is 0 Å². The second-order valence-electron chi connectivity index (χ2n) is 3.95. The van der Waals surface area contributed by atoms with E-state index < -0.39 is 0 Å². The van der Waals surface area contributed by atoms with Gasteiger partial charge in [-0.2, -0.15) is 0 Å². The van der Waals surface area contributed by atoms with Crippen LogP contribution in [0.15, 0.2) is 18.2 Å². The van der Waals surface area contributed by atoms with Crippen LogP contribution in [-0.2, 0) is 4.74 Å². The number of nitrogens with one attached hydrogen (secondary N) is 2. The molecule has 1 unspecified atom stereocenters. The lowest BCUT2D eigenvalue weighted by molar-refractivity contribution is 0.0806. The zero-order valence-corrected chi connectivity index (χ0v) is 10.6. The number of hydrogen-bond acceptors (Lipinski definition) is 4. The third-order valence-electron chi connectivity index (χ3n) is 2.71. The van der Waals surface area contributed by atoms with Crippen molar-refractivity contribution in [3.63, 3.8) is 0 Å². The predicted octanol–water partition coefficient (Wildman–Crippen LogP) is 1.75. The van der Waals surface area contributed by atoms with Crippen molar-refractivity contribution in [2.75, 3.05) is 38.7 Å². The summed E-state index contributed by atoms with van der Waals surface area (Å²) < 4.78 is 10.5. The maximum Gasteiger partial charge on any atom is 0.120 e. The van der Waals surface area contributed by atoms with Gasteiger partial charge < -0.3 is 20.1 Å². The van der Waals surface area contributed by atoms with Crippen LogP contribution in [0.25, 0.3) is 0 Å². The van der Waals surface area contributed by atoms with Crippen LogP contribution in [0.3, 0.4) is 0 Å². The van der Waals surface area contributed by atoms with Crippen molar-refractivity contribution < 1.29 is 9.47 Å². The van der Waals surface area contributed by atoms with Crippen LogP contribution >= 0.6 is 11.6 Å². The average molecular weight is 257 g/mol. The Morgan fingerprint density at radius 3 is 3.12 bits per heavy atom. The van der Waals surface area contributed by atoms with Crippen LogP contribution < -0.4 is 15.4 Å². The Balaban J connectivity index is 1.89. The third-order valence-corrected chi connectivity index (χ3v) is 3.03. The van der Waals surface area contributed by atoms with Crippen LogP contribution in [0.4, 0.5) is 5.69 Å². The van der Waals surface area contributed by atoms with Crippen LogP contribution in [0, 0.1) is 0 Å². The lowest BCUT2D eigenvalue weighted by Gasteiger charge is -2.24. The Kier molecular flexibility index (Phi) is 4.48. The minimum absolute atomic E-state index is 0.335. The van der Waals surface area contributed by atoms with Gasteiger partial charge in [-0.25, -0.2) is 0 Å². The van der Waals surface area contributed by atoms with E-state index in [1.165, 1.54) is 0 Å². The Morgan fingerprint density at radius 2 is 2.47 bits per heavy atom. The number of benzene rings is 1. The highest BCUT2D eigenvalue weighted by molar-refractivity contribution is 6.33. The molecule has 0 spiro atoms. The molecule has 17 heavy (non-hydrogen) atoms. The second kappa shape index (κ2) is 6.10. The highest BCUT2D eigenvalue weighted by Gasteiger charge is 2.12. The van der Waals surface area contributed by atoms with Gasteiger partial charge in [-0.05, 0) is 12.1 Å². The average Bonchev–Trinajstić information content (AvgIpc) is 2.38. The molecule has 1 aliphatic heterocycles. The van der Waals surface area contributed by atoms with Crippen molar-refractivity contribution in [3.05, 3.63) is 23.2 Å². The molecule has 0 bridgehead atoms. The first kappa shape index (κ1) is 12.5. The molecule has 1 aromatic rings. The van der Waals surface area contributed by atoms with Crippen molar-refractivity contribution in [1.82, 2.24) is 5.32 Å². The summed E-state index contributed by atoms with van der Waals surface area (Å²) in [6.45, 7) is 3.23. The van der Waals surface area contributed by atoms with E-state index in [4.69, 9.17) is 21.1 Å². The topological polar surface area (TPSA) is 42.5 Å². The molecule has 2 N–H and O–H groups in total. The largest absolute Gasteiger partial charge is 0.497 e. The van der Waals surface area contributed by atoms with E-state index in [9.17, 15) is 0 Å². The molecule has 1 fully saturated rings. The van der Waals surface area contributed by atoms with Crippen LogP contribution in [0.5, 0.6) is 5.75 Å². The first-order valence-corrected chi connectivity index (χ1v) is 6.06. The van der Waals surface area contributed by atoms with E-state index >= 15 is 0 Å². The zero-order valence-electron chi connectivity index (χ0n) is 9.83. The minimum Gasteiger partial charge on any atom is -0.497 e. The van der Waals surface area contributed by atoms with E-state index in [0.29, 0.717) is 11.1 Å². The molecule has 1 aromatic carbocycles. The van der Waals surface area contributed by atoms with Gasteiger partial charge in [-0.3, -0.25) is 0 Å². The minimum atomic E-state index is 0.335. The summed E-state index contributed by atoms with van der Waals surface area (Å²) in [6.07, 6.45) is 0. The van der Waals surface area contributed by atoms with E-state index in [1.807, 2.05) is 12.1 Å². The normalized spacial score (nSPS) is 20.0. The summed E-state index contributed by atoms with van der Waals surface area (Å²) in [6, 6.07) is 5.94. The van der Waals surface area contributed by atoms with E-state index in [0.717, 1.165) is 37.7 Å². The number of anilines is 1. The Hall–Kier alpha value is -0.970. The second-order valence-corrected chi connectivity index (χ2v) is 4.36. The maximum absolute atomic E-state index is 6.13. The highest BCUT2D eigenvalue weighted by Crippen LogP contribution is 2.26. The third kappa shape index (κ3) is 3.49. The summed E-state index contributed by atoms with van der Waals surface area (Å²) in [4.78, 5) is 0. The summed E-state index contributed by atoms with van der Waals surface area (Å²) >= 11 is 6.13. The van der Waals surface area contributed by atoms with Gasteiger partial charge in [0.05, 0.1) is 31.0 Å². The predicted molar refractivity (Wildman–Crippen MR) is 69.1 cm³/mol. The van der Waals surface area contributed by atoms with Crippen molar-refractivity contribution >= 4 is 17.3 Å². The molecule has 4 nitrogen and oxygen atoms in total.